The third-order valence-electron chi connectivity index (χ3n) is 15.4. The predicted molar refractivity (Wildman–Crippen MR) is 256 cm³/mol. The molecule has 1 aliphatic carbocycles. The molecule has 1 amide bonds. The summed E-state index contributed by atoms with van der Waals surface area (Å²) >= 11 is 0. The molecule has 1 unspecified atom stereocenters. The van der Waals surface area contributed by atoms with Crippen molar-refractivity contribution < 1.29 is 58.6 Å². The quantitative estimate of drug-likeness (QED) is 0.155. The number of aliphatic hydroxyl groups is 4. The number of carbonyl (C=O) groups excluding carboxylic acids is 5. The highest BCUT2D eigenvalue weighted by molar-refractivity contribution is 6.39. The van der Waals surface area contributed by atoms with Crippen LogP contribution in [0.2, 0.25) is 0 Å². The molecule has 3 aliphatic heterocycles. The zero-order valence-electron chi connectivity index (χ0n) is 42.0. The van der Waals surface area contributed by atoms with E-state index < -0.39 is 84.2 Å². The molecule has 1 saturated carbocycles. The van der Waals surface area contributed by atoms with Crippen LogP contribution in [0, 0.1) is 47.3 Å². The number of piperidine rings is 1. The first-order chi connectivity index (χ1) is 32.8. The van der Waals surface area contributed by atoms with Gasteiger partial charge in [0.15, 0.2) is 0 Å². The molecule has 69 heavy (non-hydrogen) atoms. The number of hydrogen-bond donors (Lipinski definition) is 4. The average Bonchev–Trinajstić information content (AvgIpc) is 3.88. The van der Waals surface area contributed by atoms with Gasteiger partial charge in [0.25, 0.3) is 11.7 Å². The number of fused-ring (bicyclic) bond motifs is 3. The monoisotopic (exact) mass is 966 g/mol. The number of aliphatic hydroxyl groups excluding tert-OH is 3. The Morgan fingerprint density at radius 3 is 2.35 bits per heavy atom. The van der Waals surface area contributed by atoms with Gasteiger partial charge in [0.05, 0.1) is 36.9 Å². The summed E-state index contributed by atoms with van der Waals surface area (Å²) in [6.45, 7) is 11.9. The lowest BCUT2D eigenvalue weighted by Crippen LogP contribution is -2.61. The smallest absolute Gasteiger partial charge is 0.329 e. The maximum Gasteiger partial charge on any atom is 0.329 e. The van der Waals surface area contributed by atoms with Crippen LogP contribution in [0.3, 0.4) is 0 Å². The molecule has 0 radical (unpaired) electrons. The fraction of sp³-hybridized carbons (Fsp3) is 0.731. The molecule has 4 heterocycles. The lowest BCUT2D eigenvalue weighted by atomic mass is 9.74. The first-order valence-electron chi connectivity index (χ1n) is 25.2. The second-order valence-electron chi connectivity index (χ2n) is 20.7. The summed E-state index contributed by atoms with van der Waals surface area (Å²) in [5.74, 6) is -9.51. The average molecular weight is 966 g/mol. The molecular formula is C52H79N5O12. The van der Waals surface area contributed by atoms with Gasteiger partial charge in [0.1, 0.15) is 30.0 Å². The van der Waals surface area contributed by atoms with Crippen LogP contribution < -0.4 is 0 Å². The molecule has 3 fully saturated rings. The Kier molecular flexibility index (Phi) is 20.8. The number of nitrogens with zero attached hydrogens (tertiary/aromatic N) is 5. The molecular weight excluding hydrogens is 887 g/mol. The third kappa shape index (κ3) is 14.2. The van der Waals surface area contributed by atoms with Gasteiger partial charge in [-0.25, -0.2) is 9.48 Å². The maximum atomic E-state index is 14.5. The number of hydrogen-bond acceptors (Lipinski definition) is 15. The first kappa shape index (κ1) is 55.7. The maximum absolute atomic E-state index is 14.5. The largest absolute Gasteiger partial charge is 0.460 e. The molecule has 0 spiro atoms. The van der Waals surface area contributed by atoms with Crippen LogP contribution in [-0.4, -0.2) is 138 Å². The van der Waals surface area contributed by atoms with Crippen LogP contribution in [0.25, 0.3) is 0 Å². The van der Waals surface area contributed by atoms with E-state index >= 15 is 0 Å². The number of aromatic nitrogens is 4. The summed E-state index contributed by atoms with van der Waals surface area (Å²) in [6, 6.07) is -1.25. The molecule has 2 bridgehead atoms. The second-order valence-corrected chi connectivity index (χ2v) is 20.7. The van der Waals surface area contributed by atoms with Crippen LogP contribution in [0.15, 0.2) is 53.9 Å². The normalized spacial score (nSPS) is 37.5. The second kappa shape index (κ2) is 25.7. The van der Waals surface area contributed by atoms with E-state index in [4.69, 9.17) is 14.2 Å². The van der Waals surface area contributed by atoms with E-state index in [9.17, 15) is 44.4 Å². The number of cyclic esters (lactones) is 1. The Hall–Kier alpha value is -4.26. The molecule has 1 aromatic rings. The van der Waals surface area contributed by atoms with Crippen LogP contribution >= 0.6 is 0 Å². The molecule has 15 atom stereocenters. The van der Waals surface area contributed by atoms with Gasteiger partial charge in [-0.1, -0.05) is 71.1 Å². The first-order valence-corrected chi connectivity index (χ1v) is 25.2. The highest BCUT2D eigenvalue weighted by Gasteiger charge is 2.53. The number of ketones is 3. The molecule has 0 aromatic carbocycles. The van der Waals surface area contributed by atoms with Crippen molar-refractivity contribution in [1.29, 1.82) is 0 Å². The summed E-state index contributed by atoms with van der Waals surface area (Å²) in [7, 11) is 1.57. The molecule has 17 nitrogen and oxygen atoms in total. The molecule has 5 rings (SSSR count). The Morgan fingerprint density at radius 1 is 0.913 bits per heavy atom. The van der Waals surface area contributed by atoms with Crippen molar-refractivity contribution >= 4 is 29.2 Å². The van der Waals surface area contributed by atoms with Gasteiger partial charge in [0.2, 0.25) is 5.79 Å². The van der Waals surface area contributed by atoms with Crippen molar-refractivity contribution in [2.45, 2.75) is 168 Å². The Balaban J connectivity index is 1.46. The van der Waals surface area contributed by atoms with Crippen molar-refractivity contribution in [2.24, 2.45) is 47.3 Å². The van der Waals surface area contributed by atoms with E-state index in [2.05, 4.69) is 15.5 Å². The molecule has 17 heteroatoms. The highest BCUT2D eigenvalue weighted by atomic mass is 16.6. The van der Waals surface area contributed by atoms with E-state index in [0.717, 1.165) is 12.0 Å². The minimum absolute atomic E-state index is 0.0140. The van der Waals surface area contributed by atoms with Crippen molar-refractivity contribution in [2.75, 3.05) is 26.9 Å². The zero-order valence-corrected chi connectivity index (χ0v) is 42.0. The van der Waals surface area contributed by atoms with Crippen molar-refractivity contribution in [3.8, 4) is 0 Å². The number of rotatable bonds is 7. The summed E-state index contributed by atoms with van der Waals surface area (Å²) in [5, 5.41) is 55.8. The zero-order chi connectivity index (χ0) is 50.6. The number of methoxy groups -OCH3 is 1. The van der Waals surface area contributed by atoms with Crippen molar-refractivity contribution in [1.82, 2.24) is 25.1 Å². The van der Waals surface area contributed by atoms with Crippen LogP contribution in [0.4, 0.5) is 0 Å². The SMILES string of the molecule is CO[C@H]1C[C@@H]2CC[C@@H](C)[C@@](O)(O2)C(=O)C(=O)N2CCCC[C@H]2C(=O)OC([C@H](C)C[C@@H]2CC[C@H](n3cnnn3)[C@H](CO)C2)CC(=O)[C@H](C)/C=C(\C)[C@@H](O)[C@@H](CO)C(=O)[C@H](C)C[C@H](C)/C=C/C=CC=C1C. The van der Waals surface area contributed by atoms with E-state index in [1.807, 2.05) is 51.2 Å². The Morgan fingerprint density at radius 2 is 1.67 bits per heavy atom. The topological polar surface area (TPSA) is 241 Å². The fourth-order valence-electron chi connectivity index (χ4n) is 11.0. The minimum atomic E-state index is -2.45. The Labute approximate surface area is 407 Å². The number of carbonyl (C=O) groups is 5. The van der Waals surface area contributed by atoms with Gasteiger partial charge in [0, 0.05) is 56.8 Å². The number of Topliss-reactive ketones (excluding diaryl/α,β-unsaturated/α-hetero) is 3. The Bertz CT molecular complexity index is 2020. The summed E-state index contributed by atoms with van der Waals surface area (Å²) in [6.07, 6.45) is 14.7. The van der Waals surface area contributed by atoms with Crippen molar-refractivity contribution in [3.05, 3.63) is 53.9 Å². The van der Waals surface area contributed by atoms with Gasteiger partial charge in [-0.3, -0.25) is 19.2 Å². The number of tetrazole rings is 1. The summed E-state index contributed by atoms with van der Waals surface area (Å²) in [5.41, 5.74) is 1.21. The van der Waals surface area contributed by atoms with E-state index in [-0.39, 0.29) is 67.3 Å². The van der Waals surface area contributed by atoms with Crippen LogP contribution in [0.5, 0.6) is 0 Å². The fourth-order valence-corrected chi connectivity index (χ4v) is 11.0. The number of allylic oxidation sites excluding steroid dienone is 6. The summed E-state index contributed by atoms with van der Waals surface area (Å²) < 4.78 is 20.0. The van der Waals surface area contributed by atoms with Gasteiger partial charge < -0.3 is 39.5 Å². The van der Waals surface area contributed by atoms with E-state index in [1.54, 1.807) is 51.9 Å². The van der Waals surface area contributed by atoms with Gasteiger partial charge in [-0.15, -0.1) is 5.10 Å². The molecule has 4 N–H and O–H groups in total. The van der Waals surface area contributed by atoms with Crippen LogP contribution in [-0.2, 0) is 38.2 Å². The van der Waals surface area contributed by atoms with E-state index in [1.165, 1.54) is 4.90 Å². The molecule has 1 aromatic heterocycles. The predicted octanol–water partition coefficient (Wildman–Crippen LogP) is 5.23. The molecule has 2 saturated heterocycles. The lowest BCUT2D eigenvalue weighted by molar-refractivity contribution is -0.265. The number of ether oxygens (including phenoxy) is 3. The highest BCUT2D eigenvalue weighted by Crippen LogP contribution is 2.41. The van der Waals surface area contributed by atoms with Gasteiger partial charge in [-0.05, 0) is 117 Å². The minimum Gasteiger partial charge on any atom is -0.460 e. The number of esters is 1. The lowest BCUT2D eigenvalue weighted by Gasteiger charge is -2.42. The van der Waals surface area contributed by atoms with Gasteiger partial charge in [-0.2, -0.15) is 0 Å². The standard InChI is InChI=1S/C52H79N5O12/c1-31-14-10-9-11-15-32(2)45(67-8)26-40-19-17-37(7)52(66,69-40)49(63)50(64)56-21-13-12-16-43(56)51(65)68-46(34(4)24-38-18-20-42(39(25-38)28-58)57-30-53-54-55-57)27-44(60)33(3)23-36(6)48(62)41(29-59)47(61)35(5)22-31/h9-11,14-15,23,30-31,33-35,37-43,45-46,48,58-59,62,66H,12-13,16-22,24-29H2,1-8H3/b11-9?,14-10+,32-15?,36-23+/t31-,33-,34-,35-,37-,38+,39+,40+,41+,42+,43+,45+,46?,48-,52-/m1/s1. The van der Waals surface area contributed by atoms with Gasteiger partial charge >= 0.3 is 5.97 Å². The third-order valence-corrected chi connectivity index (χ3v) is 15.4. The summed E-state index contributed by atoms with van der Waals surface area (Å²) in [4.78, 5) is 72.2. The molecule has 4 aliphatic rings. The van der Waals surface area contributed by atoms with Crippen molar-refractivity contribution in [3.63, 3.8) is 0 Å². The van der Waals surface area contributed by atoms with Crippen LogP contribution in [0.1, 0.15) is 132 Å². The van der Waals surface area contributed by atoms with E-state index in [0.29, 0.717) is 63.4 Å². The molecule has 384 valence electrons. The number of amides is 1.